The normalized spacial score (nSPS) is 14.2. The van der Waals surface area contributed by atoms with Gasteiger partial charge in [-0.05, 0) is 38.8 Å². The molecule has 0 aromatic heterocycles. The zero-order valence-corrected chi connectivity index (χ0v) is 13.6. The molecule has 0 atom stereocenters. The molecule has 0 heterocycles. The van der Waals surface area contributed by atoms with Gasteiger partial charge in [0.2, 0.25) is 0 Å². The Morgan fingerprint density at radius 2 is 1.83 bits per heavy atom. The summed E-state index contributed by atoms with van der Waals surface area (Å²) in [6, 6.07) is 3.24. The standard InChI is InChI=1S/C17H19F2NO4/c1-3-23-16(21)10-15(17(22)24-4-2)20(11-5-6-11)12-7-8-13(18)14(19)9-12/h7-11H,3-6H2,1-2H3/b15-10-. The number of ether oxygens (including phenoxy) is 2. The predicted octanol–water partition coefficient (Wildman–Crippen LogP) is 2.94. The van der Waals surface area contributed by atoms with Gasteiger partial charge in [0, 0.05) is 17.8 Å². The molecule has 0 radical (unpaired) electrons. The van der Waals surface area contributed by atoms with Crippen LogP contribution in [0.15, 0.2) is 30.0 Å². The van der Waals surface area contributed by atoms with E-state index in [1.54, 1.807) is 13.8 Å². The van der Waals surface area contributed by atoms with Gasteiger partial charge in [0.1, 0.15) is 5.70 Å². The summed E-state index contributed by atoms with van der Waals surface area (Å²) in [5, 5.41) is 0. The molecule has 0 unspecified atom stereocenters. The van der Waals surface area contributed by atoms with Crippen LogP contribution >= 0.6 is 0 Å². The van der Waals surface area contributed by atoms with Crippen LogP contribution in [0.25, 0.3) is 0 Å². The number of benzene rings is 1. The second-order valence-electron chi connectivity index (χ2n) is 5.20. The number of anilines is 1. The number of rotatable bonds is 7. The van der Waals surface area contributed by atoms with E-state index >= 15 is 0 Å². The summed E-state index contributed by atoms with van der Waals surface area (Å²) in [4.78, 5) is 25.6. The van der Waals surface area contributed by atoms with Crippen molar-refractivity contribution in [1.29, 1.82) is 0 Å². The van der Waals surface area contributed by atoms with Gasteiger partial charge in [0.25, 0.3) is 0 Å². The minimum Gasteiger partial charge on any atom is -0.463 e. The smallest absolute Gasteiger partial charge is 0.355 e. The molecule has 0 spiro atoms. The van der Waals surface area contributed by atoms with Crippen molar-refractivity contribution in [2.24, 2.45) is 0 Å². The molecule has 2 rings (SSSR count). The number of nitrogens with zero attached hydrogens (tertiary/aromatic N) is 1. The van der Waals surface area contributed by atoms with Gasteiger partial charge < -0.3 is 14.4 Å². The van der Waals surface area contributed by atoms with Crippen molar-refractivity contribution >= 4 is 17.6 Å². The first-order valence-corrected chi connectivity index (χ1v) is 7.77. The summed E-state index contributed by atoms with van der Waals surface area (Å²) in [5.74, 6) is -3.44. The first kappa shape index (κ1) is 17.9. The molecule has 1 aromatic rings. The summed E-state index contributed by atoms with van der Waals surface area (Å²) in [6.45, 7) is 3.55. The molecule has 1 aliphatic carbocycles. The van der Waals surface area contributed by atoms with Crippen LogP contribution in [0.5, 0.6) is 0 Å². The van der Waals surface area contributed by atoms with E-state index in [2.05, 4.69) is 0 Å². The Hall–Kier alpha value is -2.44. The Balaban J connectivity index is 2.43. The van der Waals surface area contributed by atoms with E-state index in [4.69, 9.17) is 9.47 Å². The van der Waals surface area contributed by atoms with Gasteiger partial charge in [-0.25, -0.2) is 18.4 Å². The summed E-state index contributed by atoms with van der Waals surface area (Å²) >= 11 is 0. The highest BCUT2D eigenvalue weighted by Crippen LogP contribution is 2.35. The molecule has 0 saturated heterocycles. The van der Waals surface area contributed by atoms with E-state index in [1.165, 1.54) is 11.0 Å². The predicted molar refractivity (Wildman–Crippen MR) is 83.2 cm³/mol. The first-order chi connectivity index (χ1) is 11.5. The van der Waals surface area contributed by atoms with E-state index in [-0.39, 0.29) is 30.6 Å². The number of hydrogen-bond acceptors (Lipinski definition) is 5. The van der Waals surface area contributed by atoms with Crippen molar-refractivity contribution in [3.8, 4) is 0 Å². The van der Waals surface area contributed by atoms with E-state index in [1.807, 2.05) is 0 Å². The third-order valence-corrected chi connectivity index (χ3v) is 3.38. The van der Waals surface area contributed by atoms with Crippen LogP contribution in [0.3, 0.4) is 0 Å². The van der Waals surface area contributed by atoms with Gasteiger partial charge >= 0.3 is 11.9 Å². The quantitative estimate of drug-likeness (QED) is 0.565. The van der Waals surface area contributed by atoms with Gasteiger partial charge in [0.05, 0.1) is 19.3 Å². The Morgan fingerprint density at radius 1 is 1.17 bits per heavy atom. The zero-order chi connectivity index (χ0) is 17.7. The summed E-state index contributed by atoms with van der Waals surface area (Å²) < 4.78 is 36.6. The van der Waals surface area contributed by atoms with Crippen LogP contribution in [-0.2, 0) is 19.1 Å². The topological polar surface area (TPSA) is 55.8 Å². The van der Waals surface area contributed by atoms with Gasteiger partial charge in [-0.2, -0.15) is 0 Å². The molecule has 5 nitrogen and oxygen atoms in total. The summed E-state index contributed by atoms with van der Waals surface area (Å²) in [7, 11) is 0. The lowest BCUT2D eigenvalue weighted by Gasteiger charge is -2.26. The van der Waals surface area contributed by atoms with Crippen molar-refractivity contribution in [3.05, 3.63) is 41.6 Å². The molecule has 0 aliphatic heterocycles. The van der Waals surface area contributed by atoms with Crippen LogP contribution in [-0.4, -0.2) is 31.2 Å². The molecule has 0 bridgehead atoms. The lowest BCUT2D eigenvalue weighted by molar-refractivity contribution is -0.141. The van der Waals surface area contributed by atoms with Gasteiger partial charge in [0.15, 0.2) is 11.6 Å². The highest BCUT2D eigenvalue weighted by molar-refractivity contribution is 5.99. The number of esters is 2. The molecule has 1 aromatic carbocycles. The maximum atomic E-state index is 13.6. The number of carbonyl (C=O) groups is 2. The molecule has 7 heteroatoms. The van der Waals surface area contributed by atoms with Crippen LogP contribution in [0.2, 0.25) is 0 Å². The highest BCUT2D eigenvalue weighted by atomic mass is 19.2. The Kier molecular flexibility index (Phi) is 5.89. The first-order valence-electron chi connectivity index (χ1n) is 7.77. The van der Waals surface area contributed by atoms with E-state index < -0.39 is 23.6 Å². The van der Waals surface area contributed by atoms with Crippen molar-refractivity contribution in [1.82, 2.24) is 0 Å². The second-order valence-corrected chi connectivity index (χ2v) is 5.20. The van der Waals surface area contributed by atoms with Gasteiger partial charge in [-0.1, -0.05) is 0 Å². The SMILES string of the molecule is CCOC(=O)/C=C(/C(=O)OCC)N(c1ccc(F)c(F)c1)C1CC1. The zero-order valence-electron chi connectivity index (χ0n) is 13.6. The number of hydrogen-bond donors (Lipinski definition) is 0. The molecule has 0 amide bonds. The molecule has 24 heavy (non-hydrogen) atoms. The molecule has 1 fully saturated rings. The maximum absolute atomic E-state index is 13.6. The fourth-order valence-electron chi connectivity index (χ4n) is 2.24. The minimum absolute atomic E-state index is 0.0520. The Morgan fingerprint density at radius 3 is 2.38 bits per heavy atom. The van der Waals surface area contributed by atoms with Crippen LogP contribution in [0, 0.1) is 11.6 Å². The third kappa shape index (κ3) is 4.31. The lowest BCUT2D eigenvalue weighted by atomic mass is 10.2. The molecular weight excluding hydrogens is 320 g/mol. The van der Waals surface area contributed by atoms with Crippen molar-refractivity contribution in [3.63, 3.8) is 0 Å². The summed E-state index contributed by atoms with van der Waals surface area (Å²) in [5.41, 5.74) is 0.226. The van der Waals surface area contributed by atoms with Crippen molar-refractivity contribution in [2.75, 3.05) is 18.1 Å². The van der Waals surface area contributed by atoms with E-state index in [0.29, 0.717) is 0 Å². The van der Waals surface area contributed by atoms with Crippen molar-refractivity contribution < 1.29 is 27.8 Å². The van der Waals surface area contributed by atoms with Gasteiger partial charge in [-0.3, -0.25) is 0 Å². The van der Waals surface area contributed by atoms with Crippen molar-refractivity contribution in [2.45, 2.75) is 32.7 Å². The van der Waals surface area contributed by atoms with Gasteiger partial charge in [-0.15, -0.1) is 0 Å². The molecule has 1 aliphatic rings. The molecule has 1 saturated carbocycles. The van der Waals surface area contributed by atoms with E-state index in [0.717, 1.165) is 31.1 Å². The summed E-state index contributed by atoms with van der Waals surface area (Å²) in [6.07, 6.45) is 2.55. The second kappa shape index (κ2) is 7.90. The molecule has 130 valence electrons. The largest absolute Gasteiger partial charge is 0.463 e. The van der Waals surface area contributed by atoms with Crippen LogP contribution < -0.4 is 4.90 Å². The average molecular weight is 339 g/mol. The minimum atomic E-state index is -1.03. The van der Waals surface area contributed by atoms with Crippen LogP contribution in [0.4, 0.5) is 14.5 Å². The molecular formula is C17H19F2NO4. The third-order valence-electron chi connectivity index (χ3n) is 3.38. The number of halogens is 2. The number of carbonyl (C=O) groups excluding carboxylic acids is 2. The fraction of sp³-hybridized carbons (Fsp3) is 0.412. The van der Waals surface area contributed by atoms with E-state index in [9.17, 15) is 18.4 Å². The van der Waals surface area contributed by atoms with Crippen LogP contribution in [0.1, 0.15) is 26.7 Å². The lowest BCUT2D eigenvalue weighted by Crippen LogP contribution is -2.32. The fourth-order valence-corrected chi connectivity index (χ4v) is 2.24. The average Bonchev–Trinajstić information content (AvgIpc) is 3.35. The molecule has 0 N–H and O–H groups in total. The Bertz CT molecular complexity index is 656. The Labute approximate surface area is 138 Å². The highest BCUT2D eigenvalue weighted by Gasteiger charge is 2.35. The maximum Gasteiger partial charge on any atom is 0.355 e. The monoisotopic (exact) mass is 339 g/mol.